The van der Waals surface area contributed by atoms with E-state index < -0.39 is 0 Å². The van der Waals surface area contributed by atoms with Crippen LogP contribution in [-0.2, 0) is 0 Å². The average molecular weight is 295 g/mol. The second-order valence-corrected chi connectivity index (χ2v) is 4.75. The fourth-order valence-corrected chi connectivity index (χ4v) is 2.12. The summed E-state index contributed by atoms with van der Waals surface area (Å²) < 4.78 is 5.09. The van der Waals surface area contributed by atoms with Gasteiger partial charge in [0.15, 0.2) is 10.9 Å². The Kier molecular flexibility index (Phi) is 4.39. The van der Waals surface area contributed by atoms with Gasteiger partial charge in [0.1, 0.15) is 10.9 Å². The molecule has 2 rings (SSSR count). The zero-order valence-corrected chi connectivity index (χ0v) is 12.0. The number of thioether (sulfide) groups is 1. The van der Waals surface area contributed by atoms with Crippen LogP contribution in [0.4, 0.5) is 0 Å². The summed E-state index contributed by atoms with van der Waals surface area (Å²) >= 11 is 7.38. The number of aromatic nitrogens is 2. The number of hydrogen-bond acceptors (Lipinski definition) is 5. The SMILES string of the molecule is COc1cccc(C(=O)c2cnc(SC)nc2Cl)c1. The van der Waals surface area contributed by atoms with E-state index in [1.165, 1.54) is 18.0 Å². The molecule has 0 saturated carbocycles. The molecule has 0 spiro atoms. The van der Waals surface area contributed by atoms with E-state index in [4.69, 9.17) is 16.3 Å². The molecule has 0 atom stereocenters. The second-order valence-electron chi connectivity index (χ2n) is 3.62. The molecule has 0 saturated heterocycles. The minimum atomic E-state index is -0.225. The van der Waals surface area contributed by atoms with Gasteiger partial charge in [-0.2, -0.15) is 0 Å². The van der Waals surface area contributed by atoms with Gasteiger partial charge in [0.05, 0.1) is 12.7 Å². The summed E-state index contributed by atoms with van der Waals surface area (Å²) in [7, 11) is 1.55. The fourth-order valence-electron chi connectivity index (χ4n) is 1.52. The maximum Gasteiger partial charge on any atom is 0.197 e. The Hall–Kier alpha value is -1.59. The first-order chi connectivity index (χ1) is 9.15. The molecule has 0 bridgehead atoms. The van der Waals surface area contributed by atoms with Crippen molar-refractivity contribution in [3.05, 3.63) is 46.7 Å². The van der Waals surface area contributed by atoms with Gasteiger partial charge < -0.3 is 4.74 Å². The Balaban J connectivity index is 2.38. The lowest BCUT2D eigenvalue weighted by Crippen LogP contribution is -2.05. The highest BCUT2D eigenvalue weighted by Gasteiger charge is 2.15. The van der Waals surface area contributed by atoms with Crippen LogP contribution in [0.3, 0.4) is 0 Å². The van der Waals surface area contributed by atoms with Gasteiger partial charge in [0.2, 0.25) is 0 Å². The number of ether oxygens (including phenoxy) is 1. The van der Waals surface area contributed by atoms with Crippen molar-refractivity contribution in [2.24, 2.45) is 0 Å². The molecule has 0 amide bonds. The molecule has 0 fully saturated rings. The molecule has 19 heavy (non-hydrogen) atoms. The molecule has 1 aromatic carbocycles. The number of nitrogens with zero attached hydrogens (tertiary/aromatic N) is 2. The Morgan fingerprint density at radius 2 is 2.21 bits per heavy atom. The minimum Gasteiger partial charge on any atom is -0.497 e. The monoisotopic (exact) mass is 294 g/mol. The van der Waals surface area contributed by atoms with Crippen molar-refractivity contribution < 1.29 is 9.53 Å². The van der Waals surface area contributed by atoms with Crippen LogP contribution in [0, 0.1) is 0 Å². The zero-order chi connectivity index (χ0) is 13.8. The van der Waals surface area contributed by atoms with Crippen LogP contribution >= 0.6 is 23.4 Å². The number of methoxy groups -OCH3 is 1. The van der Waals surface area contributed by atoms with Crippen LogP contribution in [0.5, 0.6) is 5.75 Å². The second kappa shape index (κ2) is 6.04. The van der Waals surface area contributed by atoms with Crippen LogP contribution in [0.15, 0.2) is 35.6 Å². The highest BCUT2D eigenvalue weighted by Crippen LogP contribution is 2.21. The number of benzene rings is 1. The Morgan fingerprint density at radius 3 is 2.84 bits per heavy atom. The molecule has 0 aliphatic carbocycles. The van der Waals surface area contributed by atoms with E-state index in [0.29, 0.717) is 16.5 Å². The van der Waals surface area contributed by atoms with E-state index in [1.54, 1.807) is 31.4 Å². The molecule has 98 valence electrons. The van der Waals surface area contributed by atoms with Crippen molar-refractivity contribution in [3.63, 3.8) is 0 Å². The third-order valence-electron chi connectivity index (χ3n) is 2.48. The van der Waals surface area contributed by atoms with Crippen molar-refractivity contribution in [1.82, 2.24) is 9.97 Å². The number of hydrogen-bond donors (Lipinski definition) is 0. The van der Waals surface area contributed by atoms with Gasteiger partial charge in [0, 0.05) is 11.8 Å². The first-order valence-electron chi connectivity index (χ1n) is 5.41. The quantitative estimate of drug-likeness (QED) is 0.375. The molecule has 0 N–H and O–H groups in total. The molecule has 0 radical (unpaired) electrons. The standard InChI is InChI=1S/C13H11ClN2O2S/c1-18-9-5-3-4-8(6-9)11(17)10-7-15-13(19-2)16-12(10)14/h3-7H,1-2H3. The van der Waals surface area contributed by atoms with Crippen molar-refractivity contribution in [2.75, 3.05) is 13.4 Å². The predicted octanol–water partition coefficient (Wildman–Crippen LogP) is 3.09. The largest absolute Gasteiger partial charge is 0.497 e. The average Bonchev–Trinajstić information content (AvgIpc) is 2.46. The van der Waals surface area contributed by atoms with E-state index in [2.05, 4.69) is 9.97 Å². The van der Waals surface area contributed by atoms with Gasteiger partial charge in [-0.15, -0.1) is 0 Å². The minimum absolute atomic E-state index is 0.159. The van der Waals surface area contributed by atoms with E-state index in [1.807, 2.05) is 6.26 Å². The maximum atomic E-state index is 12.3. The normalized spacial score (nSPS) is 10.3. The van der Waals surface area contributed by atoms with Gasteiger partial charge >= 0.3 is 0 Å². The molecule has 6 heteroatoms. The first kappa shape index (κ1) is 13.8. The molecule has 0 aliphatic rings. The van der Waals surface area contributed by atoms with Crippen LogP contribution in [0.1, 0.15) is 15.9 Å². The highest BCUT2D eigenvalue weighted by atomic mass is 35.5. The van der Waals surface area contributed by atoms with Gasteiger partial charge in [0.25, 0.3) is 0 Å². The number of ketones is 1. The number of halogens is 1. The third-order valence-corrected chi connectivity index (χ3v) is 3.33. The Morgan fingerprint density at radius 1 is 1.42 bits per heavy atom. The van der Waals surface area contributed by atoms with E-state index in [9.17, 15) is 4.79 Å². The van der Waals surface area contributed by atoms with Gasteiger partial charge in [-0.25, -0.2) is 9.97 Å². The number of carbonyl (C=O) groups is 1. The van der Waals surface area contributed by atoms with Gasteiger partial charge in [-0.05, 0) is 18.4 Å². The smallest absolute Gasteiger partial charge is 0.197 e. The van der Waals surface area contributed by atoms with E-state index in [0.717, 1.165) is 0 Å². The molecule has 0 aliphatic heterocycles. The molecule has 4 nitrogen and oxygen atoms in total. The zero-order valence-electron chi connectivity index (χ0n) is 10.4. The lowest BCUT2D eigenvalue weighted by Gasteiger charge is -2.05. The summed E-state index contributed by atoms with van der Waals surface area (Å²) in [6, 6.07) is 6.87. The Labute approximate surface area is 120 Å². The van der Waals surface area contributed by atoms with Crippen LogP contribution in [0.25, 0.3) is 0 Å². The van der Waals surface area contributed by atoms with E-state index >= 15 is 0 Å². The third kappa shape index (κ3) is 3.05. The summed E-state index contributed by atoms with van der Waals surface area (Å²) in [6.45, 7) is 0. The first-order valence-corrected chi connectivity index (χ1v) is 7.01. The summed E-state index contributed by atoms with van der Waals surface area (Å²) in [6.07, 6.45) is 3.29. The van der Waals surface area contributed by atoms with E-state index in [-0.39, 0.29) is 16.5 Å². The molecule has 2 aromatic rings. The lowest BCUT2D eigenvalue weighted by molar-refractivity contribution is 0.103. The molecular weight excluding hydrogens is 284 g/mol. The maximum absolute atomic E-state index is 12.3. The van der Waals surface area contributed by atoms with Gasteiger partial charge in [-0.3, -0.25) is 4.79 Å². The van der Waals surface area contributed by atoms with Crippen LogP contribution in [-0.4, -0.2) is 29.1 Å². The summed E-state index contributed by atoms with van der Waals surface area (Å²) in [5, 5.41) is 0.694. The molecule has 1 heterocycles. The molecule has 1 aromatic heterocycles. The van der Waals surface area contributed by atoms with Crippen LogP contribution in [0.2, 0.25) is 5.15 Å². The fraction of sp³-hybridized carbons (Fsp3) is 0.154. The van der Waals surface area contributed by atoms with Crippen LogP contribution < -0.4 is 4.74 Å². The van der Waals surface area contributed by atoms with Gasteiger partial charge in [-0.1, -0.05) is 35.5 Å². The lowest BCUT2D eigenvalue weighted by atomic mass is 10.1. The van der Waals surface area contributed by atoms with Crippen molar-refractivity contribution in [3.8, 4) is 5.75 Å². The number of carbonyl (C=O) groups excluding carboxylic acids is 1. The summed E-state index contributed by atoms with van der Waals surface area (Å²) in [5.74, 6) is 0.389. The molecule has 0 unspecified atom stereocenters. The van der Waals surface area contributed by atoms with Crippen molar-refractivity contribution in [1.29, 1.82) is 0 Å². The topological polar surface area (TPSA) is 52.1 Å². The van der Waals surface area contributed by atoms with Crippen molar-refractivity contribution in [2.45, 2.75) is 5.16 Å². The number of rotatable bonds is 4. The highest BCUT2D eigenvalue weighted by molar-refractivity contribution is 7.98. The predicted molar refractivity (Wildman–Crippen MR) is 75.2 cm³/mol. The summed E-state index contributed by atoms with van der Waals surface area (Å²) in [5.41, 5.74) is 0.773. The molecular formula is C13H11ClN2O2S. The summed E-state index contributed by atoms with van der Waals surface area (Å²) in [4.78, 5) is 20.4. The Bertz CT molecular complexity index is 619. The van der Waals surface area contributed by atoms with Crippen molar-refractivity contribution >= 4 is 29.1 Å².